The van der Waals surface area contributed by atoms with Gasteiger partial charge in [-0.1, -0.05) is 35.9 Å². The van der Waals surface area contributed by atoms with Crippen molar-refractivity contribution in [3.8, 4) is 0 Å². The number of aryl methyl sites for hydroxylation is 2. The summed E-state index contributed by atoms with van der Waals surface area (Å²) in [6.45, 7) is 4.21. The lowest BCUT2D eigenvalue weighted by Gasteiger charge is -2.00. The van der Waals surface area contributed by atoms with Gasteiger partial charge in [-0.25, -0.2) is 0 Å². The largest absolute Gasteiger partial charge is 0.122 e. The minimum Gasteiger partial charge on any atom is -0.122 e. The predicted octanol–water partition coefficient (Wildman–Crippen LogP) is 3.56. The molecule has 0 aromatic heterocycles. The highest BCUT2D eigenvalue weighted by molar-refractivity contribution is 6.19. The Bertz CT molecular complexity index is 287. The Labute approximate surface area is 78.9 Å². The first-order valence-corrected chi connectivity index (χ1v) is 4.57. The Hall–Kier alpha value is -0.750. The summed E-state index contributed by atoms with van der Waals surface area (Å²) in [4.78, 5) is 0. The first kappa shape index (κ1) is 9.34. The molecule has 0 spiro atoms. The number of benzene rings is 1. The Kier molecular flexibility index (Phi) is 3.36. The number of alkyl halides is 1. The van der Waals surface area contributed by atoms with Crippen molar-refractivity contribution in [3.63, 3.8) is 0 Å². The van der Waals surface area contributed by atoms with Crippen LogP contribution in [0.3, 0.4) is 0 Å². The van der Waals surface area contributed by atoms with E-state index in [0.29, 0.717) is 5.88 Å². The van der Waals surface area contributed by atoms with Crippen molar-refractivity contribution in [2.45, 2.75) is 13.8 Å². The van der Waals surface area contributed by atoms with Crippen molar-refractivity contribution < 1.29 is 0 Å². The maximum atomic E-state index is 5.55. The Balaban J connectivity index is 2.94. The highest BCUT2D eigenvalue weighted by atomic mass is 35.5. The van der Waals surface area contributed by atoms with Crippen molar-refractivity contribution in [2.75, 3.05) is 5.88 Å². The van der Waals surface area contributed by atoms with E-state index in [-0.39, 0.29) is 0 Å². The molecule has 1 aromatic carbocycles. The van der Waals surface area contributed by atoms with Crippen molar-refractivity contribution in [1.29, 1.82) is 0 Å². The predicted molar refractivity (Wildman–Crippen MR) is 55.7 cm³/mol. The van der Waals surface area contributed by atoms with Gasteiger partial charge in [-0.15, -0.1) is 11.6 Å². The van der Waals surface area contributed by atoms with Crippen LogP contribution in [-0.2, 0) is 0 Å². The molecule has 0 saturated carbocycles. The minimum atomic E-state index is 0.577. The Morgan fingerprint density at radius 1 is 1.33 bits per heavy atom. The van der Waals surface area contributed by atoms with E-state index in [1.807, 2.05) is 6.08 Å². The molecule has 0 unspecified atom stereocenters. The summed E-state index contributed by atoms with van der Waals surface area (Å²) in [5.74, 6) is 0.577. The topological polar surface area (TPSA) is 0 Å². The van der Waals surface area contributed by atoms with Crippen LogP contribution in [0.1, 0.15) is 16.7 Å². The van der Waals surface area contributed by atoms with E-state index in [1.54, 1.807) is 0 Å². The molecule has 0 amide bonds. The second-order valence-electron chi connectivity index (χ2n) is 2.92. The summed E-state index contributed by atoms with van der Waals surface area (Å²) < 4.78 is 0. The molecule has 0 heterocycles. The quantitative estimate of drug-likeness (QED) is 0.611. The van der Waals surface area contributed by atoms with Gasteiger partial charge in [0.05, 0.1) is 0 Å². The molecule has 0 fully saturated rings. The zero-order chi connectivity index (χ0) is 8.97. The number of rotatable bonds is 2. The highest BCUT2D eigenvalue weighted by Gasteiger charge is 1.92. The zero-order valence-electron chi connectivity index (χ0n) is 7.47. The van der Waals surface area contributed by atoms with E-state index in [2.05, 4.69) is 38.1 Å². The summed E-state index contributed by atoms with van der Waals surface area (Å²) in [5, 5.41) is 0. The molecule has 0 radical (unpaired) electrons. The Morgan fingerprint density at radius 2 is 2.08 bits per heavy atom. The number of allylic oxidation sites excluding steroid dienone is 1. The van der Waals surface area contributed by atoms with E-state index in [0.717, 1.165) is 0 Å². The average molecular weight is 181 g/mol. The summed E-state index contributed by atoms with van der Waals surface area (Å²) >= 11 is 5.55. The highest BCUT2D eigenvalue weighted by Crippen LogP contribution is 2.11. The van der Waals surface area contributed by atoms with Crippen LogP contribution in [0.15, 0.2) is 24.3 Å². The average Bonchev–Trinajstić information content (AvgIpc) is 2.03. The van der Waals surface area contributed by atoms with Crippen molar-refractivity contribution >= 4 is 17.7 Å². The van der Waals surface area contributed by atoms with Crippen LogP contribution in [-0.4, -0.2) is 5.88 Å². The van der Waals surface area contributed by atoms with Crippen LogP contribution in [0.2, 0.25) is 0 Å². The molecule has 1 rings (SSSR count). The molecular formula is C11H13Cl. The van der Waals surface area contributed by atoms with Crippen LogP contribution < -0.4 is 0 Å². The fourth-order valence-electron chi connectivity index (χ4n) is 1.18. The molecule has 12 heavy (non-hydrogen) atoms. The zero-order valence-corrected chi connectivity index (χ0v) is 8.23. The van der Waals surface area contributed by atoms with Crippen LogP contribution in [0.5, 0.6) is 0 Å². The molecule has 0 aliphatic heterocycles. The van der Waals surface area contributed by atoms with Crippen LogP contribution in [0.25, 0.3) is 6.08 Å². The second kappa shape index (κ2) is 4.32. The maximum absolute atomic E-state index is 5.55. The number of halogens is 1. The van der Waals surface area contributed by atoms with E-state index in [4.69, 9.17) is 11.6 Å². The van der Waals surface area contributed by atoms with Crippen molar-refractivity contribution in [3.05, 3.63) is 41.0 Å². The molecule has 1 heteroatoms. The Morgan fingerprint density at radius 3 is 2.67 bits per heavy atom. The van der Waals surface area contributed by atoms with Gasteiger partial charge in [0.25, 0.3) is 0 Å². The van der Waals surface area contributed by atoms with Crippen LogP contribution >= 0.6 is 11.6 Å². The molecule has 0 aliphatic rings. The summed E-state index contributed by atoms with van der Waals surface area (Å²) in [5.41, 5.74) is 3.85. The third-order valence-electron chi connectivity index (χ3n) is 1.81. The van der Waals surface area contributed by atoms with E-state index >= 15 is 0 Å². The first-order valence-electron chi connectivity index (χ1n) is 4.04. The van der Waals surface area contributed by atoms with Gasteiger partial charge in [0.15, 0.2) is 0 Å². The van der Waals surface area contributed by atoms with Crippen LogP contribution in [0.4, 0.5) is 0 Å². The molecule has 0 nitrogen and oxygen atoms in total. The standard InChI is InChI=1S/C11H13Cl/c1-9-5-6-11(4-3-7-12)10(2)8-9/h3-6,8H,7H2,1-2H3/b4-3+. The fourth-order valence-corrected chi connectivity index (χ4v) is 1.27. The molecule has 0 bridgehead atoms. The molecule has 0 saturated heterocycles. The number of hydrogen-bond acceptors (Lipinski definition) is 0. The summed E-state index contributed by atoms with van der Waals surface area (Å²) in [6, 6.07) is 6.41. The lowest BCUT2D eigenvalue weighted by Crippen LogP contribution is -1.81. The summed E-state index contributed by atoms with van der Waals surface area (Å²) in [6.07, 6.45) is 4.01. The molecule has 1 aromatic rings. The van der Waals surface area contributed by atoms with Crippen LogP contribution in [0, 0.1) is 13.8 Å². The molecule has 0 aliphatic carbocycles. The van der Waals surface area contributed by atoms with Gasteiger partial charge in [0.2, 0.25) is 0 Å². The van der Waals surface area contributed by atoms with Gasteiger partial charge in [0.1, 0.15) is 0 Å². The third kappa shape index (κ3) is 2.38. The lowest BCUT2D eigenvalue weighted by molar-refractivity contribution is 1.37. The lowest BCUT2D eigenvalue weighted by atomic mass is 10.1. The molecule has 0 atom stereocenters. The first-order chi connectivity index (χ1) is 5.74. The normalized spacial score (nSPS) is 10.9. The molecular weight excluding hydrogens is 168 g/mol. The van der Waals surface area contributed by atoms with E-state index < -0.39 is 0 Å². The molecule has 0 N–H and O–H groups in total. The van der Waals surface area contributed by atoms with E-state index in [1.165, 1.54) is 16.7 Å². The minimum absolute atomic E-state index is 0.577. The molecule has 64 valence electrons. The summed E-state index contributed by atoms with van der Waals surface area (Å²) in [7, 11) is 0. The van der Waals surface area contributed by atoms with Gasteiger partial charge in [-0.3, -0.25) is 0 Å². The van der Waals surface area contributed by atoms with Crippen molar-refractivity contribution in [2.24, 2.45) is 0 Å². The SMILES string of the molecule is Cc1ccc(/C=C/CCl)c(C)c1. The second-order valence-corrected chi connectivity index (χ2v) is 3.23. The fraction of sp³-hybridized carbons (Fsp3) is 0.273. The van der Waals surface area contributed by atoms with Gasteiger partial charge >= 0.3 is 0 Å². The van der Waals surface area contributed by atoms with E-state index in [9.17, 15) is 0 Å². The number of hydrogen-bond donors (Lipinski definition) is 0. The van der Waals surface area contributed by atoms with Gasteiger partial charge in [-0.2, -0.15) is 0 Å². The monoisotopic (exact) mass is 180 g/mol. The maximum Gasteiger partial charge on any atom is 0.0407 e. The van der Waals surface area contributed by atoms with Gasteiger partial charge < -0.3 is 0 Å². The van der Waals surface area contributed by atoms with Gasteiger partial charge in [-0.05, 0) is 25.0 Å². The van der Waals surface area contributed by atoms with Gasteiger partial charge in [0, 0.05) is 5.88 Å². The van der Waals surface area contributed by atoms with Crippen molar-refractivity contribution in [1.82, 2.24) is 0 Å². The third-order valence-corrected chi connectivity index (χ3v) is 1.99. The smallest absolute Gasteiger partial charge is 0.0407 e.